The van der Waals surface area contributed by atoms with E-state index in [1.165, 1.54) is 16.5 Å². The molecule has 0 unspecified atom stereocenters. The number of aromatic nitrogens is 2. The van der Waals surface area contributed by atoms with Crippen molar-refractivity contribution in [2.24, 2.45) is 0 Å². The van der Waals surface area contributed by atoms with E-state index in [1.807, 2.05) is 12.1 Å². The van der Waals surface area contributed by atoms with Crippen LogP contribution in [0.4, 0.5) is 5.82 Å². The lowest BCUT2D eigenvalue weighted by Crippen LogP contribution is -2.30. The van der Waals surface area contributed by atoms with E-state index in [0.717, 1.165) is 47.8 Å². The number of nitrogens with zero attached hydrogens (tertiary/aromatic N) is 3. The molecule has 1 aliphatic rings. The molecule has 1 N–H and O–H groups in total. The van der Waals surface area contributed by atoms with Crippen molar-refractivity contribution in [3.8, 4) is 10.6 Å². The average molecular weight is 389 g/mol. The number of carbonyl (C=O) groups is 1. The fraction of sp³-hybridized carbons (Fsp3) is 0.227. The predicted molar refractivity (Wildman–Crippen MR) is 113 cm³/mol. The highest BCUT2D eigenvalue weighted by molar-refractivity contribution is 7.22. The lowest BCUT2D eigenvalue weighted by Gasteiger charge is -2.29. The van der Waals surface area contributed by atoms with Crippen LogP contribution in [0.5, 0.6) is 0 Å². The quantitative estimate of drug-likeness (QED) is 0.522. The first-order valence-corrected chi connectivity index (χ1v) is 10.3. The van der Waals surface area contributed by atoms with Gasteiger partial charge in [0.1, 0.15) is 5.69 Å². The molecule has 0 bridgehead atoms. The molecule has 0 atom stereocenters. The standard InChI is InChI=1S/C22H19N3O2S/c26-22(27)15-8-9-16-17(12-15)24-21(25-10-4-1-5-11-25)20(23-16)19-13-14-6-2-3-7-18(14)28-19/h2-3,6-9,12-13H,1,4-5,10-11H2,(H,26,27). The zero-order valence-electron chi connectivity index (χ0n) is 15.3. The summed E-state index contributed by atoms with van der Waals surface area (Å²) in [5.41, 5.74) is 2.48. The number of carboxylic acid groups (broad SMARTS) is 1. The fourth-order valence-electron chi connectivity index (χ4n) is 3.77. The van der Waals surface area contributed by atoms with Crippen LogP contribution in [0.25, 0.3) is 31.7 Å². The van der Waals surface area contributed by atoms with Crippen molar-refractivity contribution < 1.29 is 9.90 Å². The molecule has 28 heavy (non-hydrogen) atoms. The van der Waals surface area contributed by atoms with Crippen LogP contribution >= 0.6 is 11.3 Å². The highest BCUT2D eigenvalue weighted by Crippen LogP contribution is 2.38. The van der Waals surface area contributed by atoms with E-state index in [1.54, 1.807) is 29.5 Å². The molecule has 0 radical (unpaired) electrons. The van der Waals surface area contributed by atoms with Crippen molar-refractivity contribution in [1.82, 2.24) is 9.97 Å². The molecular weight excluding hydrogens is 370 g/mol. The first-order valence-electron chi connectivity index (χ1n) is 9.48. The summed E-state index contributed by atoms with van der Waals surface area (Å²) in [4.78, 5) is 24.6. The van der Waals surface area contributed by atoms with Gasteiger partial charge in [-0.05, 0) is 55.0 Å². The van der Waals surface area contributed by atoms with Crippen LogP contribution in [-0.2, 0) is 0 Å². The van der Waals surface area contributed by atoms with Crippen molar-refractivity contribution in [2.45, 2.75) is 19.3 Å². The zero-order valence-corrected chi connectivity index (χ0v) is 16.1. The maximum absolute atomic E-state index is 11.4. The van der Waals surface area contributed by atoms with E-state index < -0.39 is 5.97 Å². The molecule has 0 saturated carbocycles. The second-order valence-corrected chi connectivity index (χ2v) is 8.18. The Morgan fingerprint density at radius 1 is 0.964 bits per heavy atom. The van der Waals surface area contributed by atoms with E-state index in [9.17, 15) is 9.90 Å². The minimum absolute atomic E-state index is 0.237. The monoisotopic (exact) mass is 389 g/mol. The van der Waals surface area contributed by atoms with E-state index in [-0.39, 0.29) is 5.56 Å². The van der Waals surface area contributed by atoms with Gasteiger partial charge in [0.15, 0.2) is 5.82 Å². The molecule has 1 aliphatic heterocycles. The molecule has 1 saturated heterocycles. The van der Waals surface area contributed by atoms with Crippen LogP contribution in [0, 0.1) is 0 Å². The Morgan fingerprint density at radius 3 is 2.57 bits per heavy atom. The first-order chi connectivity index (χ1) is 13.7. The molecule has 4 aromatic rings. The van der Waals surface area contributed by atoms with Gasteiger partial charge in [-0.1, -0.05) is 18.2 Å². The Labute approximate surface area is 166 Å². The molecule has 0 amide bonds. The van der Waals surface area contributed by atoms with E-state index >= 15 is 0 Å². The van der Waals surface area contributed by atoms with E-state index in [2.05, 4.69) is 23.1 Å². The third-order valence-electron chi connectivity index (χ3n) is 5.21. The Morgan fingerprint density at radius 2 is 1.79 bits per heavy atom. The molecule has 3 heterocycles. The van der Waals surface area contributed by atoms with Crippen LogP contribution in [0.1, 0.15) is 29.6 Å². The van der Waals surface area contributed by atoms with Gasteiger partial charge in [-0.25, -0.2) is 14.8 Å². The van der Waals surface area contributed by atoms with Gasteiger partial charge in [0, 0.05) is 17.8 Å². The number of aromatic carboxylic acids is 1. The van der Waals surface area contributed by atoms with Gasteiger partial charge < -0.3 is 10.0 Å². The highest BCUT2D eigenvalue weighted by Gasteiger charge is 2.21. The molecule has 5 nitrogen and oxygen atoms in total. The molecule has 5 rings (SSSR count). The minimum Gasteiger partial charge on any atom is -0.478 e. The highest BCUT2D eigenvalue weighted by atomic mass is 32.1. The summed E-state index contributed by atoms with van der Waals surface area (Å²) in [6, 6.07) is 15.5. The minimum atomic E-state index is -0.947. The van der Waals surface area contributed by atoms with E-state index in [0.29, 0.717) is 5.52 Å². The topological polar surface area (TPSA) is 66.3 Å². The number of thiophene rings is 1. The number of anilines is 1. The summed E-state index contributed by atoms with van der Waals surface area (Å²) in [6.07, 6.45) is 3.51. The number of hydrogen-bond donors (Lipinski definition) is 1. The number of carboxylic acids is 1. The lowest BCUT2D eigenvalue weighted by atomic mass is 10.1. The van der Waals surface area contributed by atoms with Crippen LogP contribution in [0.2, 0.25) is 0 Å². The second kappa shape index (κ2) is 6.87. The van der Waals surface area contributed by atoms with Crippen molar-refractivity contribution in [1.29, 1.82) is 0 Å². The molecule has 1 fully saturated rings. The number of piperidine rings is 1. The Kier molecular flexibility index (Phi) is 4.20. The van der Waals surface area contributed by atoms with Gasteiger partial charge >= 0.3 is 5.97 Å². The fourth-order valence-corrected chi connectivity index (χ4v) is 4.82. The Balaban J connectivity index is 1.72. The van der Waals surface area contributed by atoms with Crippen molar-refractivity contribution in [3.63, 3.8) is 0 Å². The van der Waals surface area contributed by atoms with Crippen molar-refractivity contribution >= 4 is 44.2 Å². The number of benzene rings is 2. The molecular formula is C22H19N3O2S. The lowest BCUT2D eigenvalue weighted by molar-refractivity contribution is 0.0697. The summed E-state index contributed by atoms with van der Waals surface area (Å²) in [6.45, 7) is 1.91. The number of hydrogen-bond acceptors (Lipinski definition) is 5. The maximum atomic E-state index is 11.4. The normalized spacial score (nSPS) is 14.6. The van der Waals surface area contributed by atoms with Crippen LogP contribution in [0.15, 0.2) is 48.5 Å². The van der Waals surface area contributed by atoms with E-state index in [4.69, 9.17) is 9.97 Å². The third-order valence-corrected chi connectivity index (χ3v) is 6.33. The smallest absolute Gasteiger partial charge is 0.335 e. The van der Waals surface area contributed by atoms with Gasteiger partial charge in [-0.2, -0.15) is 0 Å². The van der Waals surface area contributed by atoms with Gasteiger partial charge in [-0.15, -0.1) is 11.3 Å². The van der Waals surface area contributed by atoms with Crippen LogP contribution < -0.4 is 4.90 Å². The van der Waals surface area contributed by atoms with Crippen molar-refractivity contribution in [3.05, 3.63) is 54.1 Å². The summed E-state index contributed by atoms with van der Waals surface area (Å²) >= 11 is 1.72. The maximum Gasteiger partial charge on any atom is 0.335 e. The second-order valence-electron chi connectivity index (χ2n) is 7.10. The molecule has 2 aromatic carbocycles. The zero-order chi connectivity index (χ0) is 19.1. The Bertz CT molecular complexity index is 1160. The molecule has 6 heteroatoms. The molecule has 0 aliphatic carbocycles. The number of fused-ring (bicyclic) bond motifs is 2. The summed E-state index contributed by atoms with van der Waals surface area (Å²) in [5, 5.41) is 10.5. The van der Waals surface area contributed by atoms with Gasteiger partial charge in [-0.3, -0.25) is 0 Å². The van der Waals surface area contributed by atoms with Gasteiger partial charge in [0.25, 0.3) is 0 Å². The third kappa shape index (κ3) is 2.99. The molecule has 140 valence electrons. The van der Waals surface area contributed by atoms with Crippen molar-refractivity contribution in [2.75, 3.05) is 18.0 Å². The Hall–Kier alpha value is -2.99. The summed E-state index contributed by atoms with van der Waals surface area (Å²) < 4.78 is 1.23. The van der Waals surface area contributed by atoms with Crippen LogP contribution in [0.3, 0.4) is 0 Å². The SMILES string of the molecule is O=C(O)c1ccc2nc(-c3cc4ccccc4s3)c(N3CCCCC3)nc2c1. The first kappa shape index (κ1) is 17.1. The number of rotatable bonds is 3. The summed E-state index contributed by atoms with van der Waals surface area (Å²) in [7, 11) is 0. The molecule has 0 spiro atoms. The molecule has 2 aromatic heterocycles. The van der Waals surface area contributed by atoms with Gasteiger partial charge in [0.05, 0.1) is 21.5 Å². The van der Waals surface area contributed by atoms with Crippen LogP contribution in [-0.4, -0.2) is 34.1 Å². The average Bonchev–Trinajstić information content (AvgIpc) is 3.17. The summed E-state index contributed by atoms with van der Waals surface area (Å²) in [5.74, 6) is -0.0851. The van der Waals surface area contributed by atoms with Gasteiger partial charge in [0.2, 0.25) is 0 Å². The predicted octanol–water partition coefficient (Wildman–Crippen LogP) is 5.20. The largest absolute Gasteiger partial charge is 0.478 e.